The van der Waals surface area contributed by atoms with E-state index in [9.17, 15) is 13.2 Å². The molecule has 0 spiro atoms. The van der Waals surface area contributed by atoms with Crippen molar-refractivity contribution < 1.29 is 17.9 Å². The van der Waals surface area contributed by atoms with Crippen LogP contribution in [0.15, 0.2) is 77.7 Å². The molecule has 3 aromatic carbocycles. The molecule has 0 unspecified atom stereocenters. The summed E-state index contributed by atoms with van der Waals surface area (Å²) in [4.78, 5) is 15.1. The fraction of sp³-hybridized carbons (Fsp3) is 0.240. The van der Waals surface area contributed by atoms with Gasteiger partial charge >= 0.3 is 0 Å². The van der Waals surface area contributed by atoms with Crippen LogP contribution in [0.25, 0.3) is 0 Å². The fourth-order valence-corrected chi connectivity index (χ4v) is 5.26. The predicted octanol–water partition coefficient (Wildman–Crippen LogP) is 3.78. The van der Waals surface area contributed by atoms with Crippen molar-refractivity contribution in [2.75, 3.05) is 24.5 Å². The number of ether oxygens (including phenoxy) is 1. The number of benzene rings is 3. The molecule has 0 radical (unpaired) electrons. The van der Waals surface area contributed by atoms with Crippen LogP contribution in [-0.2, 0) is 27.8 Å². The summed E-state index contributed by atoms with van der Waals surface area (Å²) in [5, 5.41) is 0. The van der Waals surface area contributed by atoms with Crippen LogP contribution in [0.2, 0.25) is 0 Å². The number of carbonyl (C=O) groups excluding carboxylic acids is 1. The third-order valence-corrected chi connectivity index (χ3v) is 7.50. The number of carbonyl (C=O) groups is 1. The minimum atomic E-state index is -3.96. The van der Waals surface area contributed by atoms with Crippen molar-refractivity contribution in [2.45, 2.75) is 24.8 Å². The van der Waals surface area contributed by atoms with Gasteiger partial charge in [0.15, 0.2) is 0 Å². The highest BCUT2D eigenvalue weighted by Gasteiger charge is 2.30. The Labute approximate surface area is 189 Å². The lowest BCUT2D eigenvalue weighted by Gasteiger charge is -2.32. The standard InChI is InChI=1S/C25H26N2O4S/c1-19-10-12-24(13-11-19)32(29,30)27(22-8-5-9-23(16-22)31-2)18-25(28)26-15-14-20-6-3-4-7-21(20)17-26/h3-13,16H,14-15,17-18H2,1-2H3. The molecular formula is C25H26N2O4S. The number of hydrogen-bond acceptors (Lipinski definition) is 4. The van der Waals surface area contributed by atoms with Gasteiger partial charge in [0, 0.05) is 19.2 Å². The Hall–Kier alpha value is -3.32. The lowest BCUT2D eigenvalue weighted by atomic mass is 10.00. The van der Waals surface area contributed by atoms with Gasteiger partial charge in [0.05, 0.1) is 17.7 Å². The van der Waals surface area contributed by atoms with E-state index in [0.29, 0.717) is 24.5 Å². The number of rotatable bonds is 6. The highest BCUT2D eigenvalue weighted by Crippen LogP contribution is 2.28. The van der Waals surface area contributed by atoms with Gasteiger partial charge in [-0.3, -0.25) is 9.10 Å². The molecule has 7 heteroatoms. The molecule has 6 nitrogen and oxygen atoms in total. The van der Waals surface area contributed by atoms with Crippen molar-refractivity contribution in [3.8, 4) is 5.75 Å². The average molecular weight is 451 g/mol. The molecule has 0 fully saturated rings. The van der Waals surface area contributed by atoms with Crippen LogP contribution in [0, 0.1) is 6.92 Å². The highest BCUT2D eigenvalue weighted by atomic mass is 32.2. The third-order valence-electron chi connectivity index (χ3n) is 5.71. The number of nitrogens with zero attached hydrogens (tertiary/aromatic N) is 2. The number of methoxy groups -OCH3 is 1. The van der Waals surface area contributed by atoms with Gasteiger partial charge in [-0.15, -0.1) is 0 Å². The van der Waals surface area contributed by atoms with Gasteiger partial charge in [-0.05, 0) is 48.7 Å². The number of aryl methyl sites for hydroxylation is 1. The van der Waals surface area contributed by atoms with Gasteiger partial charge in [0.1, 0.15) is 12.3 Å². The highest BCUT2D eigenvalue weighted by molar-refractivity contribution is 7.92. The van der Waals surface area contributed by atoms with Gasteiger partial charge in [0.25, 0.3) is 10.0 Å². The van der Waals surface area contributed by atoms with Crippen molar-refractivity contribution in [3.63, 3.8) is 0 Å². The van der Waals surface area contributed by atoms with Crippen LogP contribution in [-0.4, -0.2) is 39.4 Å². The first-order valence-corrected chi connectivity index (χ1v) is 11.9. The van der Waals surface area contributed by atoms with Gasteiger partial charge in [-0.1, -0.05) is 48.0 Å². The molecule has 0 saturated heterocycles. The predicted molar refractivity (Wildman–Crippen MR) is 124 cm³/mol. The molecule has 32 heavy (non-hydrogen) atoms. The Bertz CT molecular complexity index is 1220. The summed E-state index contributed by atoms with van der Waals surface area (Å²) < 4.78 is 33.6. The van der Waals surface area contributed by atoms with Crippen molar-refractivity contribution in [1.82, 2.24) is 4.90 Å². The summed E-state index contributed by atoms with van der Waals surface area (Å²) >= 11 is 0. The molecule has 0 N–H and O–H groups in total. The maximum Gasteiger partial charge on any atom is 0.264 e. The zero-order valence-corrected chi connectivity index (χ0v) is 19.0. The molecule has 1 heterocycles. The maximum absolute atomic E-state index is 13.6. The number of fused-ring (bicyclic) bond motifs is 1. The van der Waals surface area contributed by atoms with E-state index < -0.39 is 10.0 Å². The smallest absolute Gasteiger partial charge is 0.264 e. The molecule has 0 bridgehead atoms. The second kappa shape index (κ2) is 9.04. The number of amides is 1. The second-order valence-corrected chi connectivity index (χ2v) is 9.72. The maximum atomic E-state index is 13.6. The first-order chi connectivity index (χ1) is 15.4. The van der Waals surface area contributed by atoms with E-state index in [1.165, 1.54) is 17.0 Å². The normalized spacial score (nSPS) is 13.4. The van der Waals surface area contributed by atoms with Crippen LogP contribution in [0.4, 0.5) is 5.69 Å². The zero-order chi connectivity index (χ0) is 22.7. The summed E-state index contributed by atoms with van der Waals surface area (Å²) in [6.07, 6.45) is 0.756. The molecule has 1 amide bonds. The molecule has 1 aliphatic heterocycles. The molecular weight excluding hydrogens is 424 g/mol. The topological polar surface area (TPSA) is 66.9 Å². The third kappa shape index (κ3) is 4.48. The van der Waals surface area contributed by atoms with Gasteiger partial charge in [-0.25, -0.2) is 8.42 Å². The Balaban J connectivity index is 1.66. The van der Waals surface area contributed by atoms with E-state index in [1.54, 1.807) is 53.4 Å². The Morgan fingerprint density at radius 2 is 1.72 bits per heavy atom. The molecule has 166 valence electrons. The largest absolute Gasteiger partial charge is 0.497 e. The molecule has 0 aromatic heterocycles. The van der Waals surface area contributed by atoms with E-state index in [0.717, 1.165) is 17.5 Å². The van der Waals surface area contributed by atoms with Crippen molar-refractivity contribution in [1.29, 1.82) is 0 Å². The van der Waals surface area contributed by atoms with E-state index in [1.807, 2.05) is 25.1 Å². The monoisotopic (exact) mass is 450 g/mol. The Kier molecular flexibility index (Phi) is 6.19. The lowest BCUT2D eigenvalue weighted by Crippen LogP contribution is -2.44. The summed E-state index contributed by atoms with van der Waals surface area (Å²) in [6.45, 7) is 2.65. The summed E-state index contributed by atoms with van der Waals surface area (Å²) in [5.41, 5.74) is 3.67. The SMILES string of the molecule is COc1cccc(N(CC(=O)N2CCc3ccccc3C2)S(=O)(=O)c2ccc(C)cc2)c1. The summed E-state index contributed by atoms with van der Waals surface area (Å²) in [5.74, 6) is 0.281. The average Bonchev–Trinajstić information content (AvgIpc) is 2.82. The zero-order valence-electron chi connectivity index (χ0n) is 18.2. The van der Waals surface area contributed by atoms with Crippen LogP contribution in [0.5, 0.6) is 5.75 Å². The lowest BCUT2D eigenvalue weighted by molar-refractivity contribution is -0.130. The van der Waals surface area contributed by atoms with E-state index in [-0.39, 0.29) is 17.3 Å². The van der Waals surface area contributed by atoms with Crippen LogP contribution < -0.4 is 9.04 Å². The molecule has 0 atom stereocenters. The van der Waals surface area contributed by atoms with Crippen molar-refractivity contribution in [2.24, 2.45) is 0 Å². The van der Waals surface area contributed by atoms with E-state index in [2.05, 4.69) is 6.07 Å². The number of hydrogen-bond donors (Lipinski definition) is 0. The van der Waals surface area contributed by atoms with Gasteiger partial charge in [-0.2, -0.15) is 0 Å². The van der Waals surface area contributed by atoms with Crippen LogP contribution >= 0.6 is 0 Å². The van der Waals surface area contributed by atoms with Crippen LogP contribution in [0.1, 0.15) is 16.7 Å². The Morgan fingerprint density at radius 1 is 1.00 bits per heavy atom. The summed E-state index contributed by atoms with van der Waals surface area (Å²) in [7, 11) is -2.44. The number of sulfonamides is 1. The molecule has 0 aliphatic carbocycles. The van der Waals surface area contributed by atoms with E-state index in [4.69, 9.17) is 4.74 Å². The Morgan fingerprint density at radius 3 is 2.44 bits per heavy atom. The quantitative estimate of drug-likeness (QED) is 0.573. The van der Waals surface area contributed by atoms with Crippen molar-refractivity contribution in [3.05, 3.63) is 89.5 Å². The van der Waals surface area contributed by atoms with Crippen LogP contribution in [0.3, 0.4) is 0 Å². The summed E-state index contributed by atoms with van der Waals surface area (Å²) in [6, 6.07) is 21.4. The molecule has 4 rings (SSSR count). The fourth-order valence-electron chi connectivity index (χ4n) is 3.85. The van der Waals surface area contributed by atoms with Gasteiger partial charge < -0.3 is 9.64 Å². The molecule has 1 aliphatic rings. The van der Waals surface area contributed by atoms with Crippen molar-refractivity contribution >= 4 is 21.6 Å². The first kappa shape index (κ1) is 21.9. The molecule has 0 saturated carbocycles. The number of anilines is 1. The minimum Gasteiger partial charge on any atom is -0.497 e. The minimum absolute atomic E-state index is 0.141. The van der Waals surface area contributed by atoms with Gasteiger partial charge in [0.2, 0.25) is 5.91 Å². The second-order valence-electron chi connectivity index (χ2n) is 7.86. The first-order valence-electron chi connectivity index (χ1n) is 10.5. The van der Waals surface area contributed by atoms with E-state index >= 15 is 0 Å². The molecule has 3 aromatic rings.